The molecule has 28 heavy (non-hydrogen) atoms. The molecule has 0 aromatic heterocycles. The number of anilines is 1. The first kappa shape index (κ1) is 20.9. The summed E-state index contributed by atoms with van der Waals surface area (Å²) in [5.74, 6) is -2.86. The quantitative estimate of drug-likeness (QED) is 0.419. The normalized spacial score (nSPS) is 9.89. The van der Waals surface area contributed by atoms with E-state index >= 15 is 0 Å². The Morgan fingerprint density at radius 3 is 2.64 bits per heavy atom. The zero-order valence-electron chi connectivity index (χ0n) is 14.8. The number of halogens is 1. The maximum absolute atomic E-state index is 13.5. The van der Waals surface area contributed by atoms with E-state index in [1.807, 2.05) is 5.40 Å². The topological polar surface area (TPSA) is 108 Å². The van der Waals surface area contributed by atoms with Gasteiger partial charge in [0.15, 0.2) is 6.61 Å². The number of thiocyanates is 1. The van der Waals surface area contributed by atoms with Gasteiger partial charge in [0.2, 0.25) is 0 Å². The number of thioether (sulfide) groups is 1. The third-order valence-corrected chi connectivity index (χ3v) is 4.09. The van der Waals surface area contributed by atoms with Crippen molar-refractivity contribution < 1.29 is 23.5 Å². The first-order chi connectivity index (χ1) is 13.4. The molecule has 2 aromatic rings. The second-order valence-electron chi connectivity index (χ2n) is 5.54. The average molecular weight is 401 g/mol. The monoisotopic (exact) mass is 401 g/mol. The third-order valence-electron chi connectivity index (χ3n) is 3.51. The van der Waals surface area contributed by atoms with E-state index in [0.29, 0.717) is 5.69 Å². The second-order valence-corrected chi connectivity index (χ2v) is 6.40. The minimum absolute atomic E-state index is 0.193. The maximum Gasteiger partial charge on any atom is 0.325 e. The van der Waals surface area contributed by atoms with Gasteiger partial charge in [-0.25, -0.2) is 4.39 Å². The Kier molecular flexibility index (Phi) is 7.54. The van der Waals surface area contributed by atoms with Gasteiger partial charge in [0.05, 0.1) is 5.56 Å². The molecule has 0 aliphatic carbocycles. The number of ether oxygens (including phenoxy) is 1. The number of nitriles is 1. The van der Waals surface area contributed by atoms with Crippen molar-refractivity contribution in [3.05, 3.63) is 59.4 Å². The molecule has 0 atom stereocenters. The highest BCUT2D eigenvalue weighted by Gasteiger charge is 2.14. The molecule has 0 radical (unpaired) electrons. The zero-order valence-corrected chi connectivity index (χ0v) is 15.6. The minimum Gasteiger partial charge on any atom is -0.454 e. The molecule has 0 heterocycles. The number of carbonyl (C=O) groups excluding carboxylic acids is 3. The minimum atomic E-state index is -0.836. The van der Waals surface area contributed by atoms with Crippen LogP contribution in [0, 0.1) is 23.4 Å². The summed E-state index contributed by atoms with van der Waals surface area (Å²) in [5.41, 5.74) is 1.08. The van der Waals surface area contributed by atoms with E-state index in [-0.39, 0.29) is 5.56 Å². The summed E-state index contributed by atoms with van der Waals surface area (Å²) < 4.78 is 18.3. The molecular formula is C19H16FN3O4S. The fourth-order valence-electron chi connectivity index (χ4n) is 2.17. The van der Waals surface area contributed by atoms with Gasteiger partial charge in [-0.2, -0.15) is 5.26 Å². The third kappa shape index (κ3) is 6.10. The zero-order chi connectivity index (χ0) is 20.5. The predicted molar refractivity (Wildman–Crippen MR) is 101 cm³/mol. The van der Waals surface area contributed by atoms with E-state index in [4.69, 9.17) is 10.00 Å². The van der Waals surface area contributed by atoms with Gasteiger partial charge < -0.3 is 15.4 Å². The summed E-state index contributed by atoms with van der Waals surface area (Å²) in [5, 5.41) is 15.4. The first-order valence-electron chi connectivity index (χ1n) is 8.05. The van der Waals surface area contributed by atoms with Crippen LogP contribution in [0.1, 0.15) is 15.9 Å². The Bertz CT molecular complexity index is 943. The number of esters is 1. The van der Waals surface area contributed by atoms with Crippen molar-refractivity contribution in [3.8, 4) is 5.40 Å². The molecule has 0 fully saturated rings. The highest BCUT2D eigenvalue weighted by Crippen LogP contribution is 2.23. The first-order valence-corrected chi connectivity index (χ1v) is 8.87. The lowest BCUT2D eigenvalue weighted by Crippen LogP contribution is -2.32. The Hall–Kier alpha value is -3.38. The van der Waals surface area contributed by atoms with Gasteiger partial charge in [-0.15, -0.1) is 0 Å². The fourth-order valence-corrected chi connectivity index (χ4v) is 2.65. The van der Waals surface area contributed by atoms with Gasteiger partial charge in [-0.3, -0.25) is 14.4 Å². The predicted octanol–water partition coefficient (Wildman–Crippen LogP) is 2.62. The SMILES string of the molecule is Cc1cc(SC#N)ccc1NC(=O)COC(=O)CNC(=O)c1ccccc1F. The van der Waals surface area contributed by atoms with E-state index in [9.17, 15) is 18.8 Å². The van der Waals surface area contributed by atoms with Crippen LogP contribution in [0.4, 0.5) is 10.1 Å². The highest BCUT2D eigenvalue weighted by atomic mass is 32.2. The summed E-state index contributed by atoms with van der Waals surface area (Å²) in [6.45, 7) is 0.726. The van der Waals surface area contributed by atoms with Gasteiger partial charge in [0, 0.05) is 10.6 Å². The number of benzene rings is 2. The van der Waals surface area contributed by atoms with Crippen LogP contribution in [0.2, 0.25) is 0 Å². The molecule has 0 aliphatic heterocycles. The van der Waals surface area contributed by atoms with Gasteiger partial charge in [0.25, 0.3) is 11.8 Å². The Labute approximate surface area is 164 Å². The summed E-state index contributed by atoms with van der Waals surface area (Å²) in [6.07, 6.45) is 0. The van der Waals surface area contributed by atoms with Crippen LogP contribution in [-0.4, -0.2) is 30.9 Å². The Morgan fingerprint density at radius 2 is 1.96 bits per heavy atom. The summed E-state index contributed by atoms with van der Waals surface area (Å²) >= 11 is 1.00. The molecule has 2 rings (SSSR count). The van der Waals surface area contributed by atoms with E-state index in [1.165, 1.54) is 18.2 Å². The van der Waals surface area contributed by atoms with Crippen molar-refractivity contribution in [1.29, 1.82) is 5.26 Å². The van der Waals surface area contributed by atoms with E-state index in [1.54, 1.807) is 25.1 Å². The second kappa shape index (κ2) is 10.1. The lowest BCUT2D eigenvalue weighted by molar-refractivity contribution is -0.146. The molecule has 0 saturated carbocycles. The number of nitrogens with one attached hydrogen (secondary N) is 2. The summed E-state index contributed by atoms with van der Waals surface area (Å²) in [7, 11) is 0. The number of hydrogen-bond acceptors (Lipinski definition) is 6. The van der Waals surface area contributed by atoms with Crippen molar-refractivity contribution in [2.24, 2.45) is 0 Å². The number of hydrogen-bond donors (Lipinski definition) is 2. The molecular weight excluding hydrogens is 385 g/mol. The van der Waals surface area contributed by atoms with Crippen molar-refractivity contribution in [2.45, 2.75) is 11.8 Å². The molecule has 0 unspecified atom stereocenters. The molecule has 0 bridgehead atoms. The summed E-state index contributed by atoms with van der Waals surface area (Å²) in [4.78, 5) is 36.1. The number of carbonyl (C=O) groups is 3. The molecule has 0 spiro atoms. The van der Waals surface area contributed by atoms with Gasteiger partial charge >= 0.3 is 5.97 Å². The van der Waals surface area contributed by atoms with Crippen molar-refractivity contribution in [2.75, 3.05) is 18.5 Å². The van der Waals surface area contributed by atoms with E-state index in [2.05, 4.69) is 10.6 Å². The smallest absolute Gasteiger partial charge is 0.325 e. The summed E-state index contributed by atoms with van der Waals surface area (Å²) in [6, 6.07) is 10.4. The van der Waals surface area contributed by atoms with Crippen LogP contribution in [0.25, 0.3) is 0 Å². The number of rotatable bonds is 7. The average Bonchev–Trinajstić information content (AvgIpc) is 2.67. The Morgan fingerprint density at radius 1 is 1.21 bits per heavy atom. The lowest BCUT2D eigenvalue weighted by Gasteiger charge is -2.10. The molecule has 2 amide bonds. The van der Waals surface area contributed by atoms with Gasteiger partial charge in [-0.05, 0) is 54.6 Å². The standard InChI is InChI=1S/C19H16FN3O4S/c1-12-8-13(28-11-21)6-7-16(12)23-17(24)10-27-18(25)9-22-19(26)14-4-2-3-5-15(14)20/h2-8H,9-10H2,1H3,(H,22,26)(H,23,24). The molecule has 2 aromatic carbocycles. The highest BCUT2D eigenvalue weighted by molar-refractivity contribution is 8.03. The van der Waals surface area contributed by atoms with Crippen LogP contribution in [0.3, 0.4) is 0 Å². The molecule has 144 valence electrons. The number of amides is 2. The van der Waals surface area contributed by atoms with Crippen molar-refractivity contribution in [1.82, 2.24) is 5.32 Å². The van der Waals surface area contributed by atoms with Gasteiger partial charge in [0.1, 0.15) is 17.8 Å². The largest absolute Gasteiger partial charge is 0.454 e. The lowest BCUT2D eigenvalue weighted by atomic mass is 10.2. The molecule has 2 N–H and O–H groups in total. The van der Waals surface area contributed by atoms with Crippen LogP contribution in [0.5, 0.6) is 0 Å². The number of nitrogens with zero attached hydrogens (tertiary/aromatic N) is 1. The number of aryl methyl sites for hydroxylation is 1. The van der Waals surface area contributed by atoms with Crippen molar-refractivity contribution >= 4 is 35.2 Å². The molecule has 9 heteroatoms. The van der Waals surface area contributed by atoms with Crippen molar-refractivity contribution in [3.63, 3.8) is 0 Å². The van der Waals surface area contributed by atoms with Crippen LogP contribution in [0.15, 0.2) is 47.4 Å². The van der Waals surface area contributed by atoms with Crippen LogP contribution >= 0.6 is 11.8 Å². The van der Waals surface area contributed by atoms with E-state index in [0.717, 1.165) is 28.3 Å². The van der Waals surface area contributed by atoms with E-state index < -0.39 is 36.8 Å². The van der Waals surface area contributed by atoms with Crippen LogP contribution in [-0.2, 0) is 14.3 Å². The van der Waals surface area contributed by atoms with Gasteiger partial charge in [-0.1, -0.05) is 12.1 Å². The molecule has 0 saturated heterocycles. The molecule has 0 aliphatic rings. The maximum atomic E-state index is 13.5. The Balaban J connectivity index is 1.78. The van der Waals surface area contributed by atoms with Crippen LogP contribution < -0.4 is 10.6 Å². The fraction of sp³-hybridized carbons (Fsp3) is 0.158. The molecule has 7 nitrogen and oxygen atoms in total.